The Bertz CT molecular complexity index is 520. The van der Waals surface area contributed by atoms with Gasteiger partial charge in [-0.1, -0.05) is 24.0 Å². The molecule has 2 heterocycles. The first kappa shape index (κ1) is 10.8. The fraction of sp³-hybridized carbons (Fsp3) is 0. The molecule has 1 amide bonds. The highest BCUT2D eigenvalue weighted by Gasteiger charge is 2.23. The molecule has 0 saturated carbocycles. The third-order valence-electron chi connectivity index (χ3n) is 1.71. The van der Waals surface area contributed by atoms with Gasteiger partial charge >= 0.3 is 5.88 Å². The molecule has 1 saturated heterocycles. The summed E-state index contributed by atoms with van der Waals surface area (Å²) in [5, 5.41) is 12.8. The van der Waals surface area contributed by atoms with Crippen LogP contribution in [0.5, 0.6) is 0 Å². The number of hydrogen-bond donors (Lipinski definition) is 1. The zero-order valence-electron chi connectivity index (χ0n) is 7.63. The maximum absolute atomic E-state index is 11.3. The minimum absolute atomic E-state index is 0.244. The number of carbonyl (C=O) groups excluding carboxylic acids is 1. The van der Waals surface area contributed by atoms with Crippen LogP contribution in [0.15, 0.2) is 21.5 Å². The monoisotopic (exact) mass is 256 g/mol. The summed E-state index contributed by atoms with van der Waals surface area (Å²) in [6, 6.07) is 2.64. The highest BCUT2D eigenvalue weighted by Crippen LogP contribution is 2.27. The summed E-state index contributed by atoms with van der Waals surface area (Å²) in [7, 11) is 0. The van der Waals surface area contributed by atoms with E-state index in [1.165, 1.54) is 18.2 Å². The Hall–Kier alpha value is -1.67. The van der Waals surface area contributed by atoms with E-state index in [4.69, 9.17) is 16.6 Å². The van der Waals surface area contributed by atoms with Gasteiger partial charge in [0.25, 0.3) is 5.91 Å². The molecular formula is C8H4N2O4S2. The number of nitro groups is 1. The lowest BCUT2D eigenvalue weighted by molar-refractivity contribution is -0.402. The van der Waals surface area contributed by atoms with Gasteiger partial charge in [0.2, 0.25) is 0 Å². The lowest BCUT2D eigenvalue weighted by atomic mass is 10.4. The van der Waals surface area contributed by atoms with Gasteiger partial charge in [0.15, 0.2) is 0 Å². The average molecular weight is 256 g/mol. The summed E-state index contributed by atoms with van der Waals surface area (Å²) in [4.78, 5) is 21.3. The van der Waals surface area contributed by atoms with Crippen LogP contribution in [0, 0.1) is 10.1 Å². The molecule has 0 unspecified atom stereocenters. The minimum Gasteiger partial charge on any atom is -0.401 e. The number of rotatable bonds is 2. The number of thioether (sulfide) groups is 1. The normalized spacial score (nSPS) is 17.9. The Balaban J connectivity index is 2.26. The molecule has 1 aromatic heterocycles. The van der Waals surface area contributed by atoms with Gasteiger partial charge in [-0.15, -0.1) is 0 Å². The summed E-state index contributed by atoms with van der Waals surface area (Å²) in [6.07, 6.45) is 1.41. The number of nitrogens with zero attached hydrogens (tertiary/aromatic N) is 1. The van der Waals surface area contributed by atoms with Gasteiger partial charge in [-0.3, -0.25) is 14.9 Å². The van der Waals surface area contributed by atoms with Crippen molar-refractivity contribution in [3.63, 3.8) is 0 Å². The molecule has 1 aliphatic heterocycles. The molecule has 1 N–H and O–H groups in total. The summed E-state index contributed by atoms with van der Waals surface area (Å²) in [5.41, 5.74) is 0. The predicted molar refractivity (Wildman–Crippen MR) is 61.7 cm³/mol. The zero-order chi connectivity index (χ0) is 11.7. The predicted octanol–water partition coefficient (Wildman–Crippen LogP) is 1.68. The average Bonchev–Trinajstić information content (AvgIpc) is 2.75. The van der Waals surface area contributed by atoms with Gasteiger partial charge in [-0.25, -0.2) is 0 Å². The number of nitrogens with one attached hydrogen (secondary N) is 1. The van der Waals surface area contributed by atoms with Gasteiger partial charge in [-0.2, -0.15) is 0 Å². The molecule has 6 nitrogen and oxygen atoms in total. The van der Waals surface area contributed by atoms with Gasteiger partial charge in [0.1, 0.15) is 15.0 Å². The van der Waals surface area contributed by atoms with E-state index in [2.05, 4.69) is 5.32 Å². The van der Waals surface area contributed by atoms with Crippen molar-refractivity contribution >= 4 is 46.2 Å². The van der Waals surface area contributed by atoms with Gasteiger partial charge < -0.3 is 9.73 Å². The summed E-state index contributed by atoms with van der Waals surface area (Å²) >= 11 is 5.88. The van der Waals surface area contributed by atoms with Crippen LogP contribution in [-0.4, -0.2) is 15.2 Å². The second-order valence-corrected chi connectivity index (χ2v) is 4.50. The Labute approximate surface area is 98.8 Å². The lowest BCUT2D eigenvalue weighted by Crippen LogP contribution is -2.17. The molecule has 16 heavy (non-hydrogen) atoms. The number of hydrogen-bond acceptors (Lipinski definition) is 6. The molecule has 0 aromatic carbocycles. The van der Waals surface area contributed by atoms with E-state index in [1.807, 2.05) is 0 Å². The molecule has 0 atom stereocenters. The number of amides is 1. The van der Waals surface area contributed by atoms with Crippen molar-refractivity contribution in [2.45, 2.75) is 0 Å². The summed E-state index contributed by atoms with van der Waals surface area (Å²) in [6.45, 7) is 0. The lowest BCUT2D eigenvalue weighted by Gasteiger charge is -1.88. The maximum Gasteiger partial charge on any atom is 0.433 e. The van der Waals surface area contributed by atoms with E-state index in [-0.39, 0.29) is 17.6 Å². The van der Waals surface area contributed by atoms with Crippen LogP contribution in [0.4, 0.5) is 5.88 Å². The molecule has 0 aliphatic carbocycles. The highest BCUT2D eigenvalue weighted by atomic mass is 32.2. The smallest absolute Gasteiger partial charge is 0.401 e. The third-order valence-corrected chi connectivity index (χ3v) is 2.87. The van der Waals surface area contributed by atoms with Gasteiger partial charge in [0, 0.05) is 6.08 Å². The first-order valence-corrected chi connectivity index (χ1v) is 5.28. The van der Waals surface area contributed by atoms with Crippen LogP contribution >= 0.6 is 24.0 Å². The second kappa shape index (κ2) is 4.06. The van der Waals surface area contributed by atoms with Crippen LogP contribution in [0.1, 0.15) is 5.76 Å². The maximum atomic E-state index is 11.3. The second-order valence-electron chi connectivity index (χ2n) is 2.79. The molecular weight excluding hydrogens is 252 g/mol. The Morgan fingerprint density at radius 2 is 2.31 bits per heavy atom. The van der Waals surface area contributed by atoms with Crippen LogP contribution in [0.2, 0.25) is 0 Å². The largest absolute Gasteiger partial charge is 0.433 e. The van der Waals surface area contributed by atoms with Crippen molar-refractivity contribution in [3.05, 3.63) is 32.9 Å². The Morgan fingerprint density at radius 3 is 2.81 bits per heavy atom. The first-order valence-electron chi connectivity index (χ1n) is 4.05. The van der Waals surface area contributed by atoms with E-state index in [0.717, 1.165) is 11.8 Å². The highest BCUT2D eigenvalue weighted by molar-refractivity contribution is 8.26. The SMILES string of the molecule is O=C1NC(=S)S/C1=C/c1ccc([N+](=O)[O-])o1. The van der Waals surface area contributed by atoms with Crippen molar-refractivity contribution in [3.8, 4) is 0 Å². The molecule has 2 rings (SSSR count). The Kier molecular flexibility index (Phi) is 2.75. The summed E-state index contributed by atoms with van der Waals surface area (Å²) in [5.74, 6) is -0.444. The molecule has 8 heteroatoms. The molecule has 1 aliphatic rings. The summed E-state index contributed by atoms with van der Waals surface area (Å²) < 4.78 is 5.24. The van der Waals surface area contributed by atoms with Gasteiger partial charge in [0.05, 0.1) is 11.0 Å². The van der Waals surface area contributed by atoms with Crippen molar-refractivity contribution in [1.82, 2.24) is 5.32 Å². The van der Waals surface area contributed by atoms with Crippen LogP contribution < -0.4 is 5.32 Å². The molecule has 0 spiro atoms. The quantitative estimate of drug-likeness (QED) is 0.375. The topological polar surface area (TPSA) is 85.4 Å². The van der Waals surface area contributed by atoms with Crippen molar-refractivity contribution < 1.29 is 14.1 Å². The van der Waals surface area contributed by atoms with E-state index in [0.29, 0.717) is 9.23 Å². The third kappa shape index (κ3) is 2.12. The number of thiocarbonyl (C=S) groups is 1. The molecule has 1 fully saturated rings. The van der Waals surface area contributed by atoms with E-state index < -0.39 is 4.92 Å². The molecule has 1 aromatic rings. The van der Waals surface area contributed by atoms with E-state index >= 15 is 0 Å². The van der Waals surface area contributed by atoms with Crippen molar-refractivity contribution in [2.75, 3.05) is 0 Å². The van der Waals surface area contributed by atoms with Crippen LogP contribution in [0.25, 0.3) is 6.08 Å². The van der Waals surface area contributed by atoms with E-state index in [1.54, 1.807) is 0 Å². The zero-order valence-corrected chi connectivity index (χ0v) is 9.26. The fourth-order valence-electron chi connectivity index (χ4n) is 1.07. The van der Waals surface area contributed by atoms with E-state index in [9.17, 15) is 14.9 Å². The van der Waals surface area contributed by atoms with Crippen molar-refractivity contribution in [2.24, 2.45) is 0 Å². The molecule has 82 valence electrons. The van der Waals surface area contributed by atoms with Crippen molar-refractivity contribution in [1.29, 1.82) is 0 Å². The molecule has 0 bridgehead atoms. The number of furan rings is 1. The number of carbonyl (C=O) groups is 1. The van der Waals surface area contributed by atoms with Gasteiger partial charge in [-0.05, 0) is 6.07 Å². The van der Waals surface area contributed by atoms with Crippen LogP contribution in [-0.2, 0) is 4.79 Å². The minimum atomic E-state index is -0.644. The first-order chi connectivity index (χ1) is 7.56. The standard InChI is InChI=1S/C8H4N2O4S2/c11-7-5(16-8(15)9-7)3-4-1-2-6(14-4)10(12)13/h1-3H,(H,9,11,15)/b5-3+. The Morgan fingerprint density at radius 1 is 1.56 bits per heavy atom. The van der Waals surface area contributed by atoms with Crippen LogP contribution in [0.3, 0.4) is 0 Å². The molecule has 0 radical (unpaired) electrons. The fourth-order valence-corrected chi connectivity index (χ4v) is 2.09.